The van der Waals surface area contributed by atoms with Gasteiger partial charge in [0.05, 0.1) is 12.2 Å². The number of hydrogen-bond acceptors (Lipinski definition) is 3. The lowest BCUT2D eigenvalue weighted by molar-refractivity contribution is -0.130. The van der Waals surface area contributed by atoms with Crippen LogP contribution in [0.3, 0.4) is 0 Å². The average molecular weight is 248 g/mol. The van der Waals surface area contributed by atoms with E-state index in [0.717, 1.165) is 18.7 Å². The molecule has 0 saturated carbocycles. The summed E-state index contributed by atoms with van der Waals surface area (Å²) in [4.78, 5) is 13.9. The molecule has 0 radical (unpaired) electrons. The number of amides is 1. The van der Waals surface area contributed by atoms with E-state index in [4.69, 9.17) is 10.5 Å². The highest BCUT2D eigenvalue weighted by molar-refractivity contribution is 5.81. The van der Waals surface area contributed by atoms with Gasteiger partial charge in [-0.1, -0.05) is 30.3 Å². The number of carbonyl (C=O) groups excluding carboxylic acids is 1. The predicted molar refractivity (Wildman–Crippen MR) is 70.0 cm³/mol. The molecule has 0 unspecified atom stereocenters. The van der Waals surface area contributed by atoms with E-state index in [9.17, 15) is 4.79 Å². The van der Waals surface area contributed by atoms with E-state index in [-0.39, 0.29) is 24.2 Å². The molecule has 2 N–H and O–H groups in total. The number of nitrogens with two attached hydrogens (primary N) is 1. The lowest BCUT2D eigenvalue weighted by Gasteiger charge is -2.39. The summed E-state index contributed by atoms with van der Waals surface area (Å²) in [5, 5.41) is 0. The van der Waals surface area contributed by atoms with Gasteiger partial charge in [-0.05, 0) is 19.4 Å². The minimum Gasteiger partial charge on any atom is -0.373 e. The molecular formula is C14H20N2O2. The first kappa shape index (κ1) is 13.1. The van der Waals surface area contributed by atoms with Gasteiger partial charge in [0.2, 0.25) is 5.91 Å². The molecule has 0 aromatic heterocycles. The lowest BCUT2D eigenvalue weighted by Crippen LogP contribution is -2.50. The van der Waals surface area contributed by atoms with Crippen molar-refractivity contribution in [3.8, 4) is 0 Å². The zero-order chi connectivity index (χ0) is 13.1. The molecule has 4 nitrogen and oxygen atoms in total. The fraction of sp³-hybridized carbons (Fsp3) is 0.500. The van der Waals surface area contributed by atoms with Crippen LogP contribution in [0.1, 0.15) is 25.5 Å². The highest BCUT2D eigenvalue weighted by Crippen LogP contribution is 2.24. The molecule has 4 heteroatoms. The fourth-order valence-corrected chi connectivity index (χ4v) is 2.62. The zero-order valence-corrected chi connectivity index (χ0v) is 10.9. The molecule has 0 spiro atoms. The zero-order valence-electron chi connectivity index (χ0n) is 10.9. The quantitative estimate of drug-likeness (QED) is 0.877. The Bertz CT molecular complexity index is 398. The maximum Gasteiger partial charge on any atom is 0.239 e. The Morgan fingerprint density at radius 3 is 2.33 bits per heavy atom. The topological polar surface area (TPSA) is 55.6 Å². The minimum atomic E-state index is -0.361. The number of benzene rings is 1. The van der Waals surface area contributed by atoms with Gasteiger partial charge in [0.15, 0.2) is 0 Å². The Morgan fingerprint density at radius 1 is 1.28 bits per heavy atom. The molecule has 1 amide bonds. The van der Waals surface area contributed by atoms with Crippen LogP contribution in [0.15, 0.2) is 30.3 Å². The predicted octanol–water partition coefficient (Wildman–Crippen LogP) is 1.32. The van der Waals surface area contributed by atoms with Crippen LogP contribution in [-0.2, 0) is 9.53 Å². The van der Waals surface area contributed by atoms with E-state index in [1.54, 1.807) is 0 Å². The number of hydrogen-bond donors (Lipinski definition) is 1. The first-order chi connectivity index (χ1) is 8.58. The highest BCUT2D eigenvalue weighted by Gasteiger charge is 2.31. The van der Waals surface area contributed by atoms with Crippen molar-refractivity contribution >= 4 is 5.91 Å². The summed E-state index contributed by atoms with van der Waals surface area (Å²) in [7, 11) is 0. The fourth-order valence-electron chi connectivity index (χ4n) is 2.62. The molecule has 1 aliphatic heterocycles. The Balaban J connectivity index is 2.23. The van der Waals surface area contributed by atoms with Gasteiger partial charge >= 0.3 is 0 Å². The van der Waals surface area contributed by atoms with Gasteiger partial charge in [0.25, 0.3) is 0 Å². The van der Waals surface area contributed by atoms with Crippen LogP contribution in [0.5, 0.6) is 0 Å². The van der Waals surface area contributed by atoms with Gasteiger partial charge in [-0.25, -0.2) is 0 Å². The summed E-state index contributed by atoms with van der Waals surface area (Å²) >= 11 is 0. The molecule has 98 valence electrons. The van der Waals surface area contributed by atoms with Crippen molar-refractivity contribution in [1.29, 1.82) is 0 Å². The molecule has 2 rings (SSSR count). The number of morpholine rings is 1. The van der Waals surface area contributed by atoms with Gasteiger partial charge in [0, 0.05) is 13.1 Å². The number of carbonyl (C=O) groups is 1. The van der Waals surface area contributed by atoms with Gasteiger partial charge in [0.1, 0.15) is 6.04 Å². The summed E-state index contributed by atoms with van der Waals surface area (Å²) in [5.41, 5.74) is 6.52. The van der Waals surface area contributed by atoms with Crippen LogP contribution in [0.4, 0.5) is 0 Å². The van der Waals surface area contributed by atoms with Crippen molar-refractivity contribution < 1.29 is 9.53 Å². The molecule has 1 fully saturated rings. The smallest absolute Gasteiger partial charge is 0.239 e. The number of primary amides is 1. The molecule has 1 heterocycles. The maximum absolute atomic E-state index is 11.8. The third-order valence-electron chi connectivity index (χ3n) is 3.20. The summed E-state index contributed by atoms with van der Waals surface area (Å²) in [6.07, 6.45) is 0.249. The van der Waals surface area contributed by atoms with Crippen molar-refractivity contribution in [1.82, 2.24) is 4.90 Å². The Labute approximate surface area is 108 Å². The summed E-state index contributed by atoms with van der Waals surface area (Å²) < 4.78 is 5.69. The second kappa shape index (κ2) is 5.50. The van der Waals surface area contributed by atoms with Crippen LogP contribution in [0, 0.1) is 0 Å². The number of rotatable bonds is 3. The number of ether oxygens (including phenoxy) is 1. The average Bonchev–Trinajstić information content (AvgIpc) is 2.28. The van der Waals surface area contributed by atoms with Crippen molar-refractivity contribution in [2.24, 2.45) is 5.73 Å². The van der Waals surface area contributed by atoms with E-state index >= 15 is 0 Å². The van der Waals surface area contributed by atoms with Crippen LogP contribution in [-0.4, -0.2) is 36.1 Å². The van der Waals surface area contributed by atoms with Crippen LogP contribution < -0.4 is 5.73 Å². The van der Waals surface area contributed by atoms with Gasteiger partial charge in [-0.3, -0.25) is 9.69 Å². The number of nitrogens with zero attached hydrogens (tertiary/aromatic N) is 1. The Morgan fingerprint density at radius 2 is 1.83 bits per heavy atom. The van der Waals surface area contributed by atoms with Gasteiger partial charge in [-0.15, -0.1) is 0 Å². The van der Waals surface area contributed by atoms with Crippen molar-refractivity contribution in [3.63, 3.8) is 0 Å². The molecular weight excluding hydrogens is 228 g/mol. The molecule has 1 aliphatic rings. The monoisotopic (exact) mass is 248 g/mol. The molecule has 1 aromatic carbocycles. The van der Waals surface area contributed by atoms with E-state index in [2.05, 4.69) is 4.90 Å². The van der Waals surface area contributed by atoms with E-state index < -0.39 is 0 Å². The second-order valence-corrected chi connectivity index (χ2v) is 4.93. The third-order valence-corrected chi connectivity index (χ3v) is 3.20. The maximum atomic E-state index is 11.8. The summed E-state index contributed by atoms with van der Waals surface area (Å²) in [6.45, 7) is 5.50. The van der Waals surface area contributed by atoms with Crippen LogP contribution in [0.2, 0.25) is 0 Å². The first-order valence-corrected chi connectivity index (χ1v) is 6.31. The second-order valence-electron chi connectivity index (χ2n) is 4.93. The van der Waals surface area contributed by atoms with Crippen LogP contribution in [0.25, 0.3) is 0 Å². The van der Waals surface area contributed by atoms with Crippen molar-refractivity contribution in [2.75, 3.05) is 13.1 Å². The highest BCUT2D eigenvalue weighted by atomic mass is 16.5. The molecule has 18 heavy (non-hydrogen) atoms. The third kappa shape index (κ3) is 2.89. The molecule has 3 atom stereocenters. The minimum absolute atomic E-state index is 0.124. The van der Waals surface area contributed by atoms with E-state index in [1.807, 2.05) is 44.2 Å². The lowest BCUT2D eigenvalue weighted by atomic mass is 10.0. The molecule has 1 saturated heterocycles. The molecule has 0 bridgehead atoms. The van der Waals surface area contributed by atoms with E-state index in [0.29, 0.717) is 0 Å². The Hall–Kier alpha value is -1.39. The standard InChI is InChI=1S/C14H20N2O2/c1-10-8-16(9-11(2)18-10)13(14(15)17)12-6-4-3-5-7-12/h3-7,10-11,13H,8-9H2,1-2H3,(H2,15,17)/t10-,11+,13-/m1/s1. The van der Waals surface area contributed by atoms with E-state index in [1.165, 1.54) is 0 Å². The summed E-state index contributed by atoms with van der Waals surface area (Å²) in [5.74, 6) is -0.303. The molecule has 1 aromatic rings. The summed E-state index contributed by atoms with van der Waals surface area (Å²) in [6, 6.07) is 9.32. The normalized spacial score (nSPS) is 26.8. The SMILES string of the molecule is C[C@@H]1CN([C@@H](C(N)=O)c2ccccc2)C[C@H](C)O1. The largest absolute Gasteiger partial charge is 0.373 e. The van der Waals surface area contributed by atoms with Crippen molar-refractivity contribution in [2.45, 2.75) is 32.1 Å². The van der Waals surface area contributed by atoms with Crippen LogP contribution >= 0.6 is 0 Å². The molecule has 0 aliphatic carbocycles. The Kier molecular flexibility index (Phi) is 3.99. The first-order valence-electron chi connectivity index (χ1n) is 6.31. The van der Waals surface area contributed by atoms with Gasteiger partial charge in [-0.2, -0.15) is 0 Å². The van der Waals surface area contributed by atoms with Gasteiger partial charge < -0.3 is 10.5 Å². The van der Waals surface area contributed by atoms with Crippen molar-refractivity contribution in [3.05, 3.63) is 35.9 Å².